The standard InChI is InChI=1S/C12H16O2.C11H13IO2.C11H15NO2.C11H14O3.4C2H6/c1-10(8-9-12(13)14-2)11-6-4-3-5-7-11;1-14-11(13)8-7-10(12)9-5-3-2-4-6-9;1-9(7-8-11(13)12-14)10-5-3-2-4-6-10;1-14-11(13)8-7-10(12)9-5-3-2-4-6-9;4*1-2/h3-7,10H,8-9H2,1-2H3;2-6,10H,7-8H2,1H3;2-6,9,14H,7-8H2,1H3,(H,12,13);2-6,10,12H,7-8H2,1H3;4*1-2H3. The molecular formula is C53H82INO9. The Morgan fingerprint density at radius 2 is 0.750 bits per heavy atom. The van der Waals surface area contributed by atoms with Crippen molar-refractivity contribution in [2.45, 2.75) is 142 Å². The van der Waals surface area contributed by atoms with Crippen LogP contribution in [0.1, 0.15) is 165 Å². The highest BCUT2D eigenvalue weighted by Crippen LogP contribution is 2.28. The molecule has 4 aromatic rings. The van der Waals surface area contributed by atoms with E-state index < -0.39 is 6.10 Å². The van der Waals surface area contributed by atoms with Crippen LogP contribution in [0.2, 0.25) is 0 Å². The van der Waals surface area contributed by atoms with Crippen molar-refractivity contribution in [3.8, 4) is 0 Å². The number of hydrogen-bond acceptors (Lipinski definition) is 9. The summed E-state index contributed by atoms with van der Waals surface area (Å²) < 4.78 is 14.1. The number of ether oxygens (including phenoxy) is 3. The highest BCUT2D eigenvalue weighted by atomic mass is 127. The zero-order valence-electron chi connectivity index (χ0n) is 41.1. The van der Waals surface area contributed by atoms with Gasteiger partial charge < -0.3 is 19.3 Å². The second kappa shape index (κ2) is 47.9. The number of rotatable bonds is 16. The number of alkyl halides is 1. The lowest BCUT2D eigenvalue weighted by Crippen LogP contribution is -2.18. The number of benzene rings is 4. The molecule has 4 aromatic carbocycles. The third-order valence-electron chi connectivity index (χ3n) is 8.70. The van der Waals surface area contributed by atoms with Crippen LogP contribution in [-0.2, 0) is 33.4 Å². The molecule has 0 saturated carbocycles. The van der Waals surface area contributed by atoms with Gasteiger partial charge in [0.05, 0.1) is 27.4 Å². The van der Waals surface area contributed by atoms with E-state index >= 15 is 0 Å². The van der Waals surface area contributed by atoms with Crippen molar-refractivity contribution in [2.75, 3.05) is 21.3 Å². The predicted octanol–water partition coefficient (Wildman–Crippen LogP) is 13.7. The Balaban J connectivity index is -0.000000355. The number of halogens is 1. The van der Waals surface area contributed by atoms with Crippen LogP contribution in [0.3, 0.4) is 0 Å². The smallest absolute Gasteiger partial charge is 0.305 e. The lowest BCUT2D eigenvalue weighted by Gasteiger charge is -2.10. The average Bonchev–Trinajstić information content (AvgIpc) is 3.39. The number of hydroxylamine groups is 1. The average molecular weight is 1000 g/mol. The maximum Gasteiger partial charge on any atom is 0.305 e. The first kappa shape index (κ1) is 66.0. The number of carbonyl (C=O) groups is 4. The normalized spacial score (nSPS) is 11.0. The van der Waals surface area contributed by atoms with Crippen molar-refractivity contribution in [1.29, 1.82) is 0 Å². The van der Waals surface area contributed by atoms with E-state index in [4.69, 9.17) is 5.21 Å². The molecule has 0 radical (unpaired) electrons. The van der Waals surface area contributed by atoms with Crippen molar-refractivity contribution in [2.24, 2.45) is 0 Å². The Labute approximate surface area is 401 Å². The molecule has 0 heterocycles. The van der Waals surface area contributed by atoms with Gasteiger partial charge in [-0.2, -0.15) is 0 Å². The molecule has 0 fully saturated rings. The van der Waals surface area contributed by atoms with Crippen molar-refractivity contribution >= 4 is 46.4 Å². The van der Waals surface area contributed by atoms with E-state index in [-0.39, 0.29) is 30.2 Å². The number of esters is 3. The summed E-state index contributed by atoms with van der Waals surface area (Å²) in [4.78, 5) is 43.4. The number of aliphatic hydroxyl groups excluding tert-OH is 1. The molecule has 0 aliphatic rings. The number of carbonyl (C=O) groups excluding carboxylic acids is 4. The number of nitrogens with one attached hydrogen (secondary N) is 1. The van der Waals surface area contributed by atoms with Gasteiger partial charge in [0.15, 0.2) is 0 Å². The fourth-order valence-electron chi connectivity index (χ4n) is 5.11. The van der Waals surface area contributed by atoms with Crippen LogP contribution >= 0.6 is 22.6 Å². The maximum atomic E-state index is 10.9. The van der Waals surface area contributed by atoms with Gasteiger partial charge >= 0.3 is 17.9 Å². The number of hydrogen-bond donors (Lipinski definition) is 3. The highest BCUT2D eigenvalue weighted by Gasteiger charge is 2.11. The molecule has 0 bridgehead atoms. The van der Waals surface area contributed by atoms with E-state index in [1.165, 1.54) is 38.0 Å². The van der Waals surface area contributed by atoms with Crippen molar-refractivity contribution in [3.63, 3.8) is 0 Å². The molecule has 64 heavy (non-hydrogen) atoms. The van der Waals surface area contributed by atoms with Gasteiger partial charge in [-0.05, 0) is 59.8 Å². The first-order valence-electron chi connectivity index (χ1n) is 22.6. The summed E-state index contributed by atoms with van der Waals surface area (Å²) in [6.07, 6.45) is 3.81. The first-order valence-corrected chi connectivity index (χ1v) is 23.8. The number of methoxy groups -OCH3 is 3. The van der Waals surface area contributed by atoms with Crippen LogP contribution in [0.4, 0.5) is 0 Å². The first-order chi connectivity index (χ1) is 30.9. The molecule has 360 valence electrons. The topological polar surface area (TPSA) is 148 Å². The van der Waals surface area contributed by atoms with Crippen LogP contribution < -0.4 is 5.48 Å². The Kier molecular flexibility index (Phi) is 49.4. The minimum atomic E-state index is -0.588. The highest BCUT2D eigenvalue weighted by molar-refractivity contribution is 14.1. The SMILES string of the molecule is CC.CC.CC.CC.CC(CCC(=O)NO)c1ccccc1.COC(=O)CCC(C)c1ccccc1.COC(=O)CCC(I)c1ccccc1.COC(=O)CCC(O)c1ccccc1. The third-order valence-corrected chi connectivity index (χ3v) is 10.0. The summed E-state index contributed by atoms with van der Waals surface area (Å²) in [5, 5.41) is 18.0. The van der Waals surface area contributed by atoms with Gasteiger partial charge in [0.2, 0.25) is 5.91 Å². The third kappa shape index (κ3) is 35.8. The molecule has 0 aromatic heterocycles. The van der Waals surface area contributed by atoms with Crippen molar-refractivity contribution < 1.29 is 43.7 Å². The molecule has 3 N–H and O–H groups in total. The second-order valence-corrected chi connectivity index (χ2v) is 14.3. The Morgan fingerprint density at radius 1 is 0.469 bits per heavy atom. The van der Waals surface area contributed by atoms with Gasteiger partial charge in [0.1, 0.15) is 0 Å². The van der Waals surface area contributed by atoms with Crippen molar-refractivity contribution in [3.05, 3.63) is 144 Å². The van der Waals surface area contributed by atoms with E-state index in [1.807, 2.05) is 152 Å². The zero-order chi connectivity index (χ0) is 49.6. The maximum absolute atomic E-state index is 10.9. The quantitative estimate of drug-likeness (QED) is 0.0249. The largest absolute Gasteiger partial charge is 0.469 e. The molecule has 0 saturated heterocycles. The van der Waals surface area contributed by atoms with Gasteiger partial charge in [-0.3, -0.25) is 24.4 Å². The lowest BCUT2D eigenvalue weighted by atomic mass is 9.96. The molecular weight excluding hydrogens is 921 g/mol. The molecule has 4 rings (SSSR count). The van der Waals surface area contributed by atoms with E-state index in [1.54, 1.807) is 5.48 Å². The van der Waals surface area contributed by atoms with E-state index in [0.29, 0.717) is 41.4 Å². The van der Waals surface area contributed by atoms with Gasteiger partial charge in [-0.25, -0.2) is 5.48 Å². The van der Waals surface area contributed by atoms with Gasteiger partial charge in [0.25, 0.3) is 0 Å². The van der Waals surface area contributed by atoms with Gasteiger partial charge in [0, 0.05) is 29.6 Å². The monoisotopic (exact) mass is 1000 g/mol. The molecule has 1 amide bonds. The van der Waals surface area contributed by atoms with Gasteiger partial charge in [-0.1, -0.05) is 213 Å². The van der Waals surface area contributed by atoms with Crippen LogP contribution in [0, 0.1) is 0 Å². The fourth-order valence-corrected chi connectivity index (χ4v) is 5.84. The zero-order valence-corrected chi connectivity index (χ0v) is 43.3. The van der Waals surface area contributed by atoms with Crippen molar-refractivity contribution in [1.82, 2.24) is 5.48 Å². The van der Waals surface area contributed by atoms with Crippen LogP contribution in [0.15, 0.2) is 121 Å². The lowest BCUT2D eigenvalue weighted by molar-refractivity contribution is -0.142. The summed E-state index contributed by atoms with van der Waals surface area (Å²) in [6.45, 7) is 20.2. The molecule has 0 aliphatic heterocycles. The van der Waals surface area contributed by atoms with E-state index in [0.717, 1.165) is 24.8 Å². The fraction of sp³-hybridized carbons (Fsp3) is 0.472. The molecule has 10 nitrogen and oxygen atoms in total. The molecule has 0 spiro atoms. The Bertz CT molecular complexity index is 1380. The Morgan fingerprint density at radius 3 is 1.08 bits per heavy atom. The Hall–Kier alpha value is -4.59. The van der Waals surface area contributed by atoms with Crippen LogP contribution in [0.5, 0.6) is 0 Å². The van der Waals surface area contributed by atoms with Crippen LogP contribution in [-0.4, -0.2) is 55.5 Å². The summed E-state index contributed by atoms with van der Waals surface area (Å²) in [5.41, 5.74) is 6.22. The molecule has 11 heteroatoms. The number of aliphatic hydroxyl groups is 1. The summed E-state index contributed by atoms with van der Waals surface area (Å²) in [5.74, 6) is -0.132. The van der Waals surface area contributed by atoms with E-state index in [2.05, 4.69) is 74.9 Å². The molecule has 4 atom stereocenters. The van der Waals surface area contributed by atoms with E-state index in [9.17, 15) is 24.3 Å². The summed E-state index contributed by atoms with van der Waals surface area (Å²) in [7, 11) is 4.19. The second-order valence-electron chi connectivity index (χ2n) is 12.8. The summed E-state index contributed by atoms with van der Waals surface area (Å²) in [6, 6.07) is 39.7. The summed E-state index contributed by atoms with van der Waals surface area (Å²) >= 11 is 2.35. The minimum absolute atomic E-state index is 0.132. The molecule has 0 aliphatic carbocycles. The van der Waals surface area contributed by atoms with Gasteiger partial charge in [-0.15, -0.1) is 0 Å². The predicted molar refractivity (Wildman–Crippen MR) is 273 cm³/mol. The minimum Gasteiger partial charge on any atom is -0.469 e. The van der Waals surface area contributed by atoms with Crippen LogP contribution in [0.25, 0.3) is 0 Å². The number of amides is 1. The molecule has 4 unspecified atom stereocenters.